The van der Waals surface area contributed by atoms with Gasteiger partial charge in [-0.15, -0.1) is 11.8 Å². The van der Waals surface area contributed by atoms with Gasteiger partial charge in [-0.3, -0.25) is 10.1 Å². The van der Waals surface area contributed by atoms with Crippen LogP contribution in [0.2, 0.25) is 0 Å². The molecule has 2 N–H and O–H groups in total. The van der Waals surface area contributed by atoms with Crippen molar-refractivity contribution in [2.75, 3.05) is 11.6 Å². The first-order chi connectivity index (χ1) is 5.49. The third kappa shape index (κ3) is 3.03. The predicted molar refractivity (Wildman–Crippen MR) is 52.1 cm³/mol. The molecule has 1 rings (SSSR count). The highest BCUT2D eigenvalue weighted by molar-refractivity contribution is 7.99. The Morgan fingerprint density at radius 1 is 1.58 bits per heavy atom. The number of rotatable bonds is 1. The minimum atomic E-state index is -0.119. The molecule has 1 aliphatic rings. The summed E-state index contributed by atoms with van der Waals surface area (Å²) in [6.07, 6.45) is 0. The lowest BCUT2D eigenvalue weighted by atomic mass is 10.1. The molecule has 3 nitrogen and oxygen atoms in total. The lowest BCUT2D eigenvalue weighted by molar-refractivity contribution is -0.123. The van der Waals surface area contributed by atoms with Gasteiger partial charge in [0.1, 0.15) is 0 Å². The normalized spacial score (nSPS) is 24.1. The van der Waals surface area contributed by atoms with E-state index in [1.165, 1.54) is 0 Å². The van der Waals surface area contributed by atoms with Crippen LogP contribution < -0.4 is 10.6 Å². The van der Waals surface area contributed by atoms with Crippen LogP contribution in [-0.4, -0.2) is 29.1 Å². The Morgan fingerprint density at radius 3 is 2.67 bits per heavy atom. The second-order valence-electron chi connectivity index (χ2n) is 4.01. The van der Waals surface area contributed by atoms with Gasteiger partial charge in [0.25, 0.3) is 0 Å². The molecule has 70 valence electrons. The van der Waals surface area contributed by atoms with E-state index in [0.29, 0.717) is 0 Å². The third-order valence-electron chi connectivity index (χ3n) is 1.53. The van der Waals surface area contributed by atoms with E-state index in [-0.39, 0.29) is 17.5 Å². The number of amides is 1. The monoisotopic (exact) mass is 188 g/mol. The molecule has 1 atom stereocenters. The second kappa shape index (κ2) is 3.66. The fourth-order valence-corrected chi connectivity index (χ4v) is 1.96. The van der Waals surface area contributed by atoms with E-state index >= 15 is 0 Å². The molecule has 0 unspecified atom stereocenters. The fraction of sp³-hybridized carbons (Fsp3) is 0.875. The van der Waals surface area contributed by atoms with Gasteiger partial charge in [-0.1, -0.05) is 0 Å². The van der Waals surface area contributed by atoms with Gasteiger partial charge in [-0.05, 0) is 20.8 Å². The molecular formula is C8H16N2OS. The summed E-state index contributed by atoms with van der Waals surface area (Å²) in [7, 11) is 0. The fourth-order valence-electron chi connectivity index (χ4n) is 1.02. The molecule has 0 radical (unpaired) electrons. The molecule has 0 aromatic heterocycles. The maximum atomic E-state index is 11.5. The van der Waals surface area contributed by atoms with Crippen molar-refractivity contribution in [3.63, 3.8) is 0 Å². The highest BCUT2D eigenvalue weighted by Gasteiger charge is 2.25. The first-order valence-corrected chi connectivity index (χ1v) is 5.28. The van der Waals surface area contributed by atoms with E-state index in [1.54, 1.807) is 11.8 Å². The van der Waals surface area contributed by atoms with Crippen LogP contribution in [0, 0.1) is 0 Å². The minimum absolute atomic E-state index is 0.00854. The lowest BCUT2D eigenvalue weighted by Gasteiger charge is -2.22. The minimum Gasteiger partial charge on any atom is -0.350 e. The average Bonchev–Trinajstić information content (AvgIpc) is 2.32. The van der Waals surface area contributed by atoms with Crippen LogP contribution >= 0.6 is 11.8 Å². The highest BCUT2D eigenvalue weighted by atomic mass is 32.2. The number of hydrogen-bond acceptors (Lipinski definition) is 3. The van der Waals surface area contributed by atoms with Crippen LogP contribution in [0.1, 0.15) is 20.8 Å². The topological polar surface area (TPSA) is 41.1 Å². The van der Waals surface area contributed by atoms with Crippen LogP contribution in [0.15, 0.2) is 0 Å². The quantitative estimate of drug-likeness (QED) is 0.632. The Kier molecular flexibility index (Phi) is 3.01. The van der Waals surface area contributed by atoms with Gasteiger partial charge in [0.05, 0.1) is 6.04 Å². The zero-order valence-corrected chi connectivity index (χ0v) is 8.62. The van der Waals surface area contributed by atoms with Crippen molar-refractivity contribution >= 4 is 17.7 Å². The molecule has 1 heterocycles. The Morgan fingerprint density at radius 2 is 2.25 bits per heavy atom. The zero-order valence-electron chi connectivity index (χ0n) is 7.81. The molecule has 0 aromatic rings. The number of thioether (sulfide) groups is 1. The molecule has 0 aromatic carbocycles. The van der Waals surface area contributed by atoms with Gasteiger partial charge in [-0.2, -0.15) is 0 Å². The van der Waals surface area contributed by atoms with Crippen molar-refractivity contribution < 1.29 is 4.79 Å². The smallest absolute Gasteiger partial charge is 0.238 e. The van der Waals surface area contributed by atoms with Crippen LogP contribution in [-0.2, 0) is 4.79 Å². The van der Waals surface area contributed by atoms with Crippen molar-refractivity contribution in [2.24, 2.45) is 0 Å². The van der Waals surface area contributed by atoms with E-state index in [4.69, 9.17) is 0 Å². The standard InChI is InChI=1S/C8H16N2OS/c1-8(2,3)10-7(11)6-4-12-5-9-6/h6,9H,4-5H2,1-3H3,(H,10,11)/t6-/m0/s1. The molecule has 0 bridgehead atoms. The molecule has 0 aliphatic carbocycles. The first-order valence-electron chi connectivity index (χ1n) is 4.12. The molecular weight excluding hydrogens is 172 g/mol. The van der Waals surface area contributed by atoms with Crippen molar-refractivity contribution in [1.82, 2.24) is 10.6 Å². The maximum Gasteiger partial charge on any atom is 0.238 e. The molecule has 1 amide bonds. The van der Waals surface area contributed by atoms with Crippen molar-refractivity contribution in [3.05, 3.63) is 0 Å². The summed E-state index contributed by atoms with van der Waals surface area (Å²) in [5.74, 6) is 1.90. The molecule has 12 heavy (non-hydrogen) atoms. The molecule has 1 aliphatic heterocycles. The van der Waals surface area contributed by atoms with E-state index in [0.717, 1.165) is 11.6 Å². The van der Waals surface area contributed by atoms with Gasteiger partial charge >= 0.3 is 0 Å². The second-order valence-corrected chi connectivity index (χ2v) is 5.04. The summed E-state index contributed by atoms with van der Waals surface area (Å²) < 4.78 is 0. The summed E-state index contributed by atoms with van der Waals surface area (Å²) in [6, 6.07) is 0.00854. The van der Waals surface area contributed by atoms with Crippen molar-refractivity contribution in [1.29, 1.82) is 0 Å². The van der Waals surface area contributed by atoms with E-state index < -0.39 is 0 Å². The number of hydrogen-bond donors (Lipinski definition) is 2. The van der Waals surface area contributed by atoms with Crippen LogP contribution in [0.3, 0.4) is 0 Å². The van der Waals surface area contributed by atoms with E-state index in [2.05, 4.69) is 10.6 Å². The Labute approximate surface area is 77.7 Å². The average molecular weight is 188 g/mol. The Hall–Kier alpha value is -0.220. The van der Waals surface area contributed by atoms with Crippen LogP contribution in [0.5, 0.6) is 0 Å². The molecule has 4 heteroatoms. The van der Waals surface area contributed by atoms with Gasteiger partial charge in [0.2, 0.25) is 5.91 Å². The van der Waals surface area contributed by atoms with Crippen molar-refractivity contribution in [2.45, 2.75) is 32.4 Å². The summed E-state index contributed by atoms with van der Waals surface area (Å²) in [6.45, 7) is 5.98. The van der Waals surface area contributed by atoms with Gasteiger partial charge in [-0.25, -0.2) is 0 Å². The SMILES string of the molecule is CC(C)(C)NC(=O)[C@@H]1CSCN1. The lowest BCUT2D eigenvalue weighted by Crippen LogP contribution is -2.49. The van der Waals surface area contributed by atoms with Gasteiger partial charge < -0.3 is 5.32 Å². The number of nitrogens with one attached hydrogen (secondary N) is 2. The van der Waals surface area contributed by atoms with Crippen molar-refractivity contribution in [3.8, 4) is 0 Å². The Balaban J connectivity index is 2.37. The van der Waals surface area contributed by atoms with E-state index in [1.807, 2.05) is 20.8 Å². The Bertz CT molecular complexity index is 170. The number of carbonyl (C=O) groups is 1. The van der Waals surface area contributed by atoms with Crippen LogP contribution in [0.25, 0.3) is 0 Å². The third-order valence-corrected chi connectivity index (χ3v) is 2.47. The molecule has 0 saturated carbocycles. The summed E-state index contributed by atoms with van der Waals surface area (Å²) in [5, 5.41) is 6.08. The summed E-state index contributed by atoms with van der Waals surface area (Å²) in [5.41, 5.74) is -0.119. The van der Waals surface area contributed by atoms with E-state index in [9.17, 15) is 4.79 Å². The van der Waals surface area contributed by atoms with Crippen LogP contribution in [0.4, 0.5) is 0 Å². The number of carbonyl (C=O) groups excluding carboxylic acids is 1. The largest absolute Gasteiger partial charge is 0.350 e. The maximum absolute atomic E-state index is 11.5. The first kappa shape index (κ1) is 9.86. The molecule has 0 spiro atoms. The summed E-state index contributed by atoms with van der Waals surface area (Å²) in [4.78, 5) is 11.5. The predicted octanol–water partition coefficient (Wildman–Crippen LogP) is 0.564. The van der Waals surface area contributed by atoms with Gasteiger partial charge in [0.15, 0.2) is 0 Å². The highest BCUT2D eigenvalue weighted by Crippen LogP contribution is 2.10. The summed E-state index contributed by atoms with van der Waals surface area (Å²) >= 11 is 1.76. The van der Waals surface area contributed by atoms with Gasteiger partial charge in [0, 0.05) is 17.2 Å². The molecule has 1 saturated heterocycles. The molecule has 1 fully saturated rings. The zero-order chi connectivity index (χ0) is 9.19.